The zero-order valence-corrected chi connectivity index (χ0v) is 15.0. The first-order valence-electron chi connectivity index (χ1n) is 8.26. The van der Waals surface area contributed by atoms with Crippen LogP contribution in [0.5, 0.6) is 0 Å². The molecule has 0 aromatic rings. The number of hydrogen-bond acceptors (Lipinski definition) is 5. The number of nitrogens with one attached hydrogen (secondary N) is 1. The summed E-state index contributed by atoms with van der Waals surface area (Å²) < 4.78 is 69.4. The van der Waals surface area contributed by atoms with Gasteiger partial charge >= 0.3 is 24.3 Å². The van der Waals surface area contributed by atoms with E-state index >= 15 is 0 Å². The van der Waals surface area contributed by atoms with Crippen LogP contribution in [0, 0.1) is 5.41 Å². The second-order valence-electron chi connectivity index (χ2n) is 7.27. The Morgan fingerprint density at radius 2 is 1.39 bits per heavy atom. The minimum absolute atomic E-state index is 0.256. The van der Waals surface area contributed by atoms with Gasteiger partial charge in [0.1, 0.15) is 0 Å². The molecule has 13 heteroatoms. The highest BCUT2D eigenvalue weighted by Crippen LogP contribution is 2.57. The van der Waals surface area contributed by atoms with Crippen molar-refractivity contribution in [2.75, 3.05) is 39.3 Å². The molecule has 0 radical (unpaired) electrons. The number of carbonyl (C=O) groups is 2. The van der Waals surface area contributed by atoms with Gasteiger partial charge in [0.25, 0.3) is 0 Å². The summed E-state index contributed by atoms with van der Waals surface area (Å²) in [6.07, 6.45) is -7.58. The average Bonchev–Trinajstić information content (AvgIpc) is 3.00. The van der Waals surface area contributed by atoms with Crippen molar-refractivity contribution in [3.8, 4) is 0 Å². The molecule has 164 valence electrons. The fraction of sp³-hybridized carbons (Fsp3) is 0.867. The summed E-state index contributed by atoms with van der Waals surface area (Å²) in [5.41, 5.74) is 0.792. The Labute approximate surface area is 156 Å². The molecule has 0 unspecified atom stereocenters. The maximum atomic E-state index is 10.6. The van der Waals surface area contributed by atoms with Gasteiger partial charge in [0, 0.05) is 32.7 Å². The van der Waals surface area contributed by atoms with Gasteiger partial charge in [0.2, 0.25) is 0 Å². The van der Waals surface area contributed by atoms with E-state index < -0.39 is 24.3 Å². The van der Waals surface area contributed by atoms with Crippen LogP contribution in [-0.2, 0) is 14.3 Å². The van der Waals surface area contributed by atoms with Crippen LogP contribution in [0.2, 0.25) is 0 Å². The van der Waals surface area contributed by atoms with Gasteiger partial charge in [-0.2, -0.15) is 26.3 Å². The zero-order valence-electron chi connectivity index (χ0n) is 15.0. The topological polar surface area (TPSA) is 99.1 Å². The second-order valence-corrected chi connectivity index (χ2v) is 7.27. The van der Waals surface area contributed by atoms with Crippen molar-refractivity contribution >= 4 is 11.9 Å². The first-order chi connectivity index (χ1) is 12.6. The molecular formula is C15H22F6N2O5. The molecule has 3 heterocycles. The fourth-order valence-electron chi connectivity index (χ4n) is 3.47. The molecule has 0 amide bonds. The SMILES string of the molecule is CC12COC(CN3CCNCC3)(C1)C2.O=C(O)C(F)(F)F.O=C(O)C(F)(F)F. The predicted molar refractivity (Wildman–Crippen MR) is 82.7 cm³/mol. The van der Waals surface area contributed by atoms with Crippen LogP contribution >= 0.6 is 0 Å². The van der Waals surface area contributed by atoms with E-state index in [1.807, 2.05) is 0 Å². The van der Waals surface area contributed by atoms with Gasteiger partial charge in [-0.25, -0.2) is 9.59 Å². The molecule has 3 saturated heterocycles. The fourth-order valence-corrected chi connectivity index (χ4v) is 3.47. The predicted octanol–water partition coefficient (Wildman–Crippen LogP) is 1.73. The molecule has 1 saturated carbocycles. The van der Waals surface area contributed by atoms with Crippen molar-refractivity contribution in [1.82, 2.24) is 10.2 Å². The van der Waals surface area contributed by atoms with Crippen LogP contribution in [0.1, 0.15) is 19.8 Å². The number of alkyl halides is 6. The maximum absolute atomic E-state index is 10.6. The van der Waals surface area contributed by atoms with Gasteiger partial charge in [-0.15, -0.1) is 0 Å². The number of piperazine rings is 1. The second kappa shape index (κ2) is 8.82. The Morgan fingerprint density at radius 1 is 1.00 bits per heavy atom. The highest BCUT2D eigenvalue weighted by Gasteiger charge is 2.59. The van der Waals surface area contributed by atoms with Crippen LogP contribution in [-0.4, -0.2) is 84.3 Å². The first kappa shape index (κ1) is 24.4. The molecule has 0 aromatic carbocycles. The van der Waals surface area contributed by atoms with Crippen LogP contribution in [0.3, 0.4) is 0 Å². The van der Waals surface area contributed by atoms with E-state index in [1.165, 1.54) is 32.5 Å². The van der Waals surface area contributed by atoms with Crippen molar-refractivity contribution in [3.05, 3.63) is 0 Å². The lowest BCUT2D eigenvalue weighted by Gasteiger charge is -2.45. The number of halogens is 6. The summed E-state index contributed by atoms with van der Waals surface area (Å²) in [5, 5.41) is 17.6. The van der Waals surface area contributed by atoms with Crippen molar-refractivity contribution in [2.45, 2.75) is 37.7 Å². The van der Waals surface area contributed by atoms with E-state index in [-0.39, 0.29) is 5.60 Å². The third-order valence-corrected chi connectivity index (χ3v) is 4.43. The maximum Gasteiger partial charge on any atom is 0.490 e. The van der Waals surface area contributed by atoms with Gasteiger partial charge in [0.05, 0.1) is 12.2 Å². The highest BCUT2D eigenvalue weighted by atomic mass is 19.4. The number of ether oxygens (including phenoxy) is 1. The van der Waals surface area contributed by atoms with E-state index in [0.717, 1.165) is 19.7 Å². The molecule has 0 aromatic heterocycles. The first-order valence-corrected chi connectivity index (χ1v) is 8.26. The monoisotopic (exact) mass is 424 g/mol. The summed E-state index contributed by atoms with van der Waals surface area (Å²) in [4.78, 5) is 20.3. The highest BCUT2D eigenvalue weighted by molar-refractivity contribution is 5.73. The van der Waals surface area contributed by atoms with Gasteiger partial charge < -0.3 is 20.3 Å². The van der Waals surface area contributed by atoms with E-state index in [1.54, 1.807) is 0 Å². The van der Waals surface area contributed by atoms with Crippen LogP contribution in [0.25, 0.3) is 0 Å². The smallest absolute Gasteiger partial charge is 0.475 e. The Bertz CT molecular complexity index is 530. The Morgan fingerprint density at radius 3 is 1.68 bits per heavy atom. The molecule has 3 N–H and O–H groups in total. The van der Waals surface area contributed by atoms with E-state index in [2.05, 4.69) is 17.1 Å². The number of carboxylic acid groups (broad SMARTS) is 2. The van der Waals surface area contributed by atoms with Crippen molar-refractivity contribution in [2.24, 2.45) is 5.41 Å². The van der Waals surface area contributed by atoms with E-state index in [9.17, 15) is 26.3 Å². The van der Waals surface area contributed by atoms with Gasteiger partial charge in [-0.1, -0.05) is 6.92 Å². The number of rotatable bonds is 2. The molecule has 4 fully saturated rings. The molecule has 2 bridgehead atoms. The largest absolute Gasteiger partial charge is 0.490 e. The van der Waals surface area contributed by atoms with Crippen LogP contribution in [0.4, 0.5) is 26.3 Å². The summed E-state index contributed by atoms with van der Waals surface area (Å²) in [6.45, 7) is 9.21. The normalized spacial score (nSPS) is 29.5. The molecule has 1 aliphatic carbocycles. The Balaban J connectivity index is 0.000000240. The van der Waals surface area contributed by atoms with Crippen molar-refractivity contribution < 1.29 is 50.9 Å². The number of aliphatic carboxylic acids is 2. The quantitative estimate of drug-likeness (QED) is 0.581. The van der Waals surface area contributed by atoms with Crippen LogP contribution in [0.15, 0.2) is 0 Å². The molecule has 7 nitrogen and oxygen atoms in total. The number of carboxylic acids is 2. The summed E-state index contributed by atoms with van der Waals surface area (Å²) in [6, 6.07) is 0. The number of fused-ring (bicyclic) bond motifs is 1. The lowest BCUT2D eigenvalue weighted by Crippen LogP contribution is -2.54. The number of nitrogens with zero attached hydrogens (tertiary/aromatic N) is 1. The Hall–Kier alpha value is -1.60. The molecular weight excluding hydrogens is 402 g/mol. The minimum atomic E-state index is -5.08. The van der Waals surface area contributed by atoms with E-state index in [4.69, 9.17) is 24.5 Å². The third-order valence-electron chi connectivity index (χ3n) is 4.43. The molecule has 4 aliphatic rings. The van der Waals surface area contributed by atoms with Gasteiger partial charge in [0.15, 0.2) is 0 Å². The molecule has 3 aliphatic heterocycles. The summed E-state index contributed by atoms with van der Waals surface area (Å²) in [7, 11) is 0. The standard InChI is InChI=1S/C11H20N2O.2C2HF3O2/c1-10-6-11(7-10,14-9-10)8-13-4-2-12-3-5-13;2*3-2(4,5)1(6)7/h12H,2-9H2,1H3;2*(H,6,7). The van der Waals surface area contributed by atoms with Crippen molar-refractivity contribution in [3.63, 3.8) is 0 Å². The van der Waals surface area contributed by atoms with Crippen LogP contribution < -0.4 is 5.32 Å². The minimum Gasteiger partial charge on any atom is -0.475 e. The average molecular weight is 424 g/mol. The number of hydrogen-bond donors (Lipinski definition) is 3. The van der Waals surface area contributed by atoms with Gasteiger partial charge in [-0.05, 0) is 18.3 Å². The van der Waals surface area contributed by atoms with Gasteiger partial charge in [-0.3, -0.25) is 4.90 Å². The lowest BCUT2D eigenvalue weighted by atomic mass is 9.63. The molecule has 4 rings (SSSR count). The lowest BCUT2D eigenvalue weighted by molar-refractivity contribution is -0.193. The molecule has 0 spiro atoms. The third kappa shape index (κ3) is 7.43. The zero-order chi connectivity index (χ0) is 21.8. The van der Waals surface area contributed by atoms with E-state index in [0.29, 0.717) is 5.41 Å². The summed E-state index contributed by atoms with van der Waals surface area (Å²) >= 11 is 0. The molecule has 28 heavy (non-hydrogen) atoms. The van der Waals surface area contributed by atoms with Crippen molar-refractivity contribution in [1.29, 1.82) is 0 Å². The molecule has 0 atom stereocenters. The summed E-state index contributed by atoms with van der Waals surface area (Å²) in [5.74, 6) is -5.51. The Kier molecular flexibility index (Phi) is 7.70.